The van der Waals surface area contributed by atoms with E-state index in [-0.39, 0.29) is 0 Å². The molecule has 0 bridgehead atoms. The van der Waals surface area contributed by atoms with Gasteiger partial charge in [0.25, 0.3) is 0 Å². The van der Waals surface area contributed by atoms with Crippen LogP contribution < -0.4 is 0 Å². The highest BCUT2D eigenvalue weighted by molar-refractivity contribution is 5.47. The summed E-state index contributed by atoms with van der Waals surface area (Å²) in [6.45, 7) is 5.75. The van der Waals surface area contributed by atoms with Gasteiger partial charge in [-0.15, -0.1) is 0 Å². The van der Waals surface area contributed by atoms with Crippen molar-refractivity contribution < 1.29 is 0 Å². The third-order valence-corrected chi connectivity index (χ3v) is 1.80. The lowest BCUT2D eigenvalue weighted by atomic mass is 10.1. The van der Waals surface area contributed by atoms with Crippen LogP contribution in [-0.4, -0.2) is 0 Å². The lowest BCUT2D eigenvalue weighted by molar-refractivity contribution is 1.26. The molecule has 62 valence electrons. The van der Waals surface area contributed by atoms with E-state index in [2.05, 4.69) is 43.0 Å². The van der Waals surface area contributed by atoms with Crippen molar-refractivity contribution in [2.24, 2.45) is 0 Å². The van der Waals surface area contributed by atoms with E-state index < -0.39 is 0 Å². The van der Waals surface area contributed by atoms with E-state index in [9.17, 15) is 0 Å². The first kappa shape index (κ1) is 8.79. The minimum atomic E-state index is 1.02. The molecule has 0 N–H and O–H groups in total. The van der Waals surface area contributed by atoms with Crippen LogP contribution in [0.1, 0.15) is 18.1 Å². The fraction of sp³-hybridized carbons (Fsp3) is 0.167. The summed E-state index contributed by atoms with van der Waals surface area (Å²) < 4.78 is 0. The molecular weight excluding hydrogens is 144 g/mol. The molecule has 1 aromatic carbocycles. The van der Waals surface area contributed by atoms with Crippen LogP contribution >= 0.6 is 0 Å². The number of hydrogen-bond donors (Lipinski definition) is 0. The van der Waals surface area contributed by atoms with Gasteiger partial charge in [0.05, 0.1) is 0 Å². The van der Waals surface area contributed by atoms with E-state index in [4.69, 9.17) is 0 Å². The largest absolute Gasteiger partial charge is 0.0985 e. The highest BCUT2D eigenvalue weighted by Gasteiger charge is 1.88. The molecule has 0 atom stereocenters. The zero-order valence-electron chi connectivity index (χ0n) is 7.46. The van der Waals surface area contributed by atoms with Gasteiger partial charge in [0.1, 0.15) is 0 Å². The topological polar surface area (TPSA) is 0 Å². The maximum absolute atomic E-state index is 3.71. The van der Waals surface area contributed by atoms with Gasteiger partial charge in [-0.2, -0.15) is 0 Å². The summed E-state index contributed by atoms with van der Waals surface area (Å²) in [4.78, 5) is 0. The summed E-state index contributed by atoms with van der Waals surface area (Å²) in [5.74, 6) is 0. The molecule has 0 saturated heterocycles. The Labute approximate surface area is 74.2 Å². The lowest BCUT2D eigenvalue weighted by Gasteiger charge is -1.96. The van der Waals surface area contributed by atoms with Gasteiger partial charge in [-0.3, -0.25) is 0 Å². The Balaban J connectivity index is 2.70. The fourth-order valence-electron chi connectivity index (χ4n) is 1.04. The predicted octanol–water partition coefficient (Wildman–Crippen LogP) is 3.45. The molecule has 0 unspecified atom stereocenters. The molecule has 0 aliphatic carbocycles. The standard InChI is InChI=1S/C12H14/c1-3-5-6-12-9-7-11(4-2)8-10-12/h3-5,7-10H,2,6H2,1H3/b5-3+. The second-order valence-electron chi connectivity index (χ2n) is 2.72. The van der Waals surface area contributed by atoms with E-state index in [1.54, 1.807) is 0 Å². The van der Waals surface area contributed by atoms with Gasteiger partial charge >= 0.3 is 0 Å². The zero-order valence-corrected chi connectivity index (χ0v) is 7.46. The van der Waals surface area contributed by atoms with Crippen LogP contribution in [0, 0.1) is 0 Å². The summed E-state index contributed by atoms with van der Waals surface area (Å²) in [6, 6.07) is 8.45. The minimum Gasteiger partial charge on any atom is -0.0985 e. The maximum Gasteiger partial charge on any atom is -0.00976 e. The van der Waals surface area contributed by atoms with E-state index in [1.807, 2.05) is 13.0 Å². The van der Waals surface area contributed by atoms with Gasteiger partial charge in [0, 0.05) is 0 Å². The molecule has 0 aliphatic heterocycles. The molecule has 0 fully saturated rings. The van der Waals surface area contributed by atoms with Crippen LogP contribution in [-0.2, 0) is 6.42 Å². The summed E-state index contributed by atoms with van der Waals surface area (Å²) >= 11 is 0. The van der Waals surface area contributed by atoms with Gasteiger partial charge in [0.2, 0.25) is 0 Å². The van der Waals surface area contributed by atoms with Crippen molar-refractivity contribution >= 4 is 6.08 Å². The molecule has 12 heavy (non-hydrogen) atoms. The smallest absolute Gasteiger partial charge is 0.00976 e. The second-order valence-corrected chi connectivity index (χ2v) is 2.72. The highest BCUT2D eigenvalue weighted by atomic mass is 13.9. The average Bonchev–Trinajstić information content (AvgIpc) is 2.15. The first-order chi connectivity index (χ1) is 5.86. The minimum absolute atomic E-state index is 1.02. The monoisotopic (exact) mass is 158 g/mol. The lowest BCUT2D eigenvalue weighted by Crippen LogP contribution is -1.80. The van der Waals surface area contributed by atoms with Gasteiger partial charge in [-0.1, -0.05) is 49.1 Å². The van der Waals surface area contributed by atoms with Crippen LogP contribution in [0.4, 0.5) is 0 Å². The Morgan fingerprint density at radius 3 is 2.42 bits per heavy atom. The third-order valence-electron chi connectivity index (χ3n) is 1.80. The molecule has 0 nitrogen and oxygen atoms in total. The first-order valence-electron chi connectivity index (χ1n) is 4.19. The Bertz CT molecular complexity index is 265. The Kier molecular flexibility index (Phi) is 3.34. The Hall–Kier alpha value is -1.30. The number of benzene rings is 1. The van der Waals surface area contributed by atoms with Crippen molar-refractivity contribution in [3.05, 3.63) is 54.1 Å². The van der Waals surface area contributed by atoms with Crippen molar-refractivity contribution in [2.75, 3.05) is 0 Å². The summed E-state index contributed by atoms with van der Waals surface area (Å²) in [7, 11) is 0. The molecule has 0 saturated carbocycles. The fourth-order valence-corrected chi connectivity index (χ4v) is 1.04. The Morgan fingerprint density at radius 1 is 1.25 bits per heavy atom. The normalized spacial score (nSPS) is 10.4. The van der Waals surface area contributed by atoms with E-state index >= 15 is 0 Å². The van der Waals surface area contributed by atoms with Gasteiger partial charge in [-0.05, 0) is 24.5 Å². The van der Waals surface area contributed by atoms with Gasteiger partial charge in [-0.25, -0.2) is 0 Å². The van der Waals surface area contributed by atoms with Crippen LogP contribution in [0.5, 0.6) is 0 Å². The quantitative estimate of drug-likeness (QED) is 0.591. The van der Waals surface area contributed by atoms with E-state index in [0.29, 0.717) is 0 Å². The summed E-state index contributed by atoms with van der Waals surface area (Å²) in [5.41, 5.74) is 2.53. The number of allylic oxidation sites excluding steroid dienone is 2. The molecule has 0 spiro atoms. The number of rotatable bonds is 3. The molecule has 0 heteroatoms. The SMILES string of the molecule is C=Cc1ccc(C/C=C/C)cc1. The molecule has 0 heterocycles. The summed E-state index contributed by atoms with van der Waals surface area (Å²) in [5, 5.41) is 0. The first-order valence-corrected chi connectivity index (χ1v) is 4.19. The molecule has 0 aliphatic rings. The van der Waals surface area contributed by atoms with Gasteiger partial charge < -0.3 is 0 Å². The van der Waals surface area contributed by atoms with Crippen molar-refractivity contribution in [1.82, 2.24) is 0 Å². The summed E-state index contributed by atoms with van der Waals surface area (Å²) in [6.07, 6.45) is 7.11. The van der Waals surface area contributed by atoms with E-state index in [0.717, 1.165) is 6.42 Å². The van der Waals surface area contributed by atoms with E-state index in [1.165, 1.54) is 11.1 Å². The third kappa shape index (κ3) is 2.39. The average molecular weight is 158 g/mol. The van der Waals surface area contributed by atoms with Gasteiger partial charge in [0.15, 0.2) is 0 Å². The molecule has 1 aromatic rings. The van der Waals surface area contributed by atoms with Crippen molar-refractivity contribution in [2.45, 2.75) is 13.3 Å². The van der Waals surface area contributed by atoms with Crippen LogP contribution in [0.3, 0.4) is 0 Å². The van der Waals surface area contributed by atoms with Crippen molar-refractivity contribution in [3.63, 3.8) is 0 Å². The van der Waals surface area contributed by atoms with Crippen LogP contribution in [0.2, 0.25) is 0 Å². The molecule has 0 radical (unpaired) electrons. The van der Waals surface area contributed by atoms with Crippen molar-refractivity contribution in [3.8, 4) is 0 Å². The molecular formula is C12H14. The van der Waals surface area contributed by atoms with Crippen molar-refractivity contribution in [1.29, 1.82) is 0 Å². The zero-order chi connectivity index (χ0) is 8.81. The maximum atomic E-state index is 3.71. The Morgan fingerprint density at radius 2 is 1.92 bits per heavy atom. The predicted molar refractivity (Wildman–Crippen MR) is 55.1 cm³/mol. The van der Waals surface area contributed by atoms with Crippen LogP contribution in [0.25, 0.3) is 6.08 Å². The molecule has 1 rings (SSSR count). The van der Waals surface area contributed by atoms with Crippen LogP contribution in [0.15, 0.2) is 43.0 Å². The highest BCUT2D eigenvalue weighted by Crippen LogP contribution is 2.06. The second kappa shape index (κ2) is 4.55. The molecule has 0 aromatic heterocycles. The molecule has 0 amide bonds. The number of hydrogen-bond acceptors (Lipinski definition) is 0.